The summed E-state index contributed by atoms with van der Waals surface area (Å²) in [5.41, 5.74) is 0. The lowest BCUT2D eigenvalue weighted by Gasteiger charge is -2.51. The summed E-state index contributed by atoms with van der Waals surface area (Å²) in [5, 5.41) is 198. The predicted molar refractivity (Wildman–Crippen MR) is 392 cm³/mol. The highest BCUT2D eigenvalue weighted by Gasteiger charge is 2.59. The van der Waals surface area contributed by atoms with E-state index < -0.39 is 248 Å². The van der Waals surface area contributed by atoms with Crippen molar-refractivity contribution in [3.05, 3.63) is 12.2 Å². The second-order valence-electron chi connectivity index (χ2n) is 30.6. The molecule has 6 aliphatic heterocycles. The number of allylic oxidation sites excluding steroid dienone is 1. The van der Waals surface area contributed by atoms with Gasteiger partial charge >= 0.3 is 0 Å². The largest absolute Gasteiger partial charge is 0.394 e. The maximum absolute atomic E-state index is 13.5. The van der Waals surface area contributed by atoms with Crippen LogP contribution in [-0.4, -0.2) is 340 Å². The molecule has 35 heteroatoms. The highest BCUT2D eigenvalue weighted by atomic mass is 16.8. The first-order chi connectivity index (χ1) is 53.3. The Hall–Kier alpha value is -3.01. The molecule has 3 amide bonds. The zero-order valence-electron chi connectivity index (χ0n) is 65.4. The monoisotopic (exact) mass is 1600 g/mol. The zero-order valence-corrected chi connectivity index (χ0v) is 65.4. The van der Waals surface area contributed by atoms with Crippen molar-refractivity contribution in [3.63, 3.8) is 0 Å². The van der Waals surface area contributed by atoms with Crippen LogP contribution in [0.4, 0.5) is 0 Å². The van der Waals surface area contributed by atoms with Crippen molar-refractivity contribution < 1.29 is 158 Å². The molecule has 0 bridgehead atoms. The van der Waals surface area contributed by atoms with Crippen LogP contribution in [0.2, 0.25) is 0 Å². The predicted octanol–water partition coefficient (Wildman–Crippen LogP) is -1.40. The van der Waals surface area contributed by atoms with E-state index >= 15 is 0 Å². The minimum atomic E-state index is -2.26. The summed E-state index contributed by atoms with van der Waals surface area (Å²) in [6.07, 6.45) is -19.2. The minimum absolute atomic E-state index is 0.183. The fourth-order valence-electron chi connectivity index (χ4n) is 15.0. The first-order valence-electron chi connectivity index (χ1n) is 40.8. The van der Waals surface area contributed by atoms with E-state index in [1.807, 2.05) is 6.08 Å². The molecular formula is C76H137N3O32. The van der Waals surface area contributed by atoms with Crippen LogP contribution < -0.4 is 16.0 Å². The van der Waals surface area contributed by atoms with E-state index in [1.165, 1.54) is 116 Å². The molecule has 0 spiro atoms. The summed E-state index contributed by atoms with van der Waals surface area (Å²) in [4.78, 5) is 39.4. The van der Waals surface area contributed by atoms with Crippen molar-refractivity contribution in [3.8, 4) is 0 Å². The van der Waals surface area contributed by atoms with Gasteiger partial charge in [0.2, 0.25) is 17.7 Å². The number of carbonyl (C=O) groups is 3. The second kappa shape index (κ2) is 51.4. The number of aliphatic hydroxyl groups excluding tert-OH is 17. The number of unbranched alkanes of at least 4 members (excludes halogenated alkanes) is 25. The molecule has 648 valence electrons. The number of nitrogens with one attached hydrogen (secondary N) is 3. The Bertz CT molecular complexity index is 2580. The molecule has 0 aromatic rings. The standard InChI is InChI=1S/C76H137N3O32/c1-6-8-10-12-14-16-18-20-21-23-25-27-29-31-33-35-52(88)79-45(46(87)34-32-30-28-26-24-22-19-17-15-13-11-9-7-2)41-100-73-63(97)60(94)67(50(39-83)105-73)108-75-64(98)61(95)66(51(40-84)106-75)107-71-53(77-43(4)85)69(57(91)47(36-80)102-71)110-76-65(99)70(58(92)49(38-82)104-76)111-72-54(78-44(5)86)68(56(90)48(37-81)103-72)109-74-62(96)59(93)55(89)42(3)101-74/h32,34,42,45-51,53-76,80-84,87,89-99H,6-31,33,35-41H2,1-5H3,(H,77,85)(H,78,86)(H,79,88)/b34-32+/t42?,45-,46+,47?,48?,49?,50?,51?,53?,54?,55+,56+,57-,58-,59?,60+,61+,62-,63?,64?,65?,66-,67+,68+,69+,70-,71-,72-,73+,74+,75-,76-/m0/s1. The topological polar surface area (TPSA) is 542 Å². The van der Waals surface area contributed by atoms with Gasteiger partial charge in [-0.3, -0.25) is 14.4 Å². The summed E-state index contributed by atoms with van der Waals surface area (Å²) >= 11 is 0. The molecule has 6 fully saturated rings. The lowest BCUT2D eigenvalue weighted by molar-refractivity contribution is -0.385. The number of rotatable bonds is 51. The van der Waals surface area contributed by atoms with Gasteiger partial charge in [0.15, 0.2) is 37.7 Å². The van der Waals surface area contributed by atoms with Crippen molar-refractivity contribution in [1.29, 1.82) is 0 Å². The first-order valence-corrected chi connectivity index (χ1v) is 40.8. The van der Waals surface area contributed by atoms with E-state index in [1.54, 1.807) is 6.08 Å². The van der Waals surface area contributed by atoms with Gasteiger partial charge in [-0.1, -0.05) is 180 Å². The lowest BCUT2D eigenvalue weighted by atomic mass is 9.93. The van der Waals surface area contributed by atoms with Crippen molar-refractivity contribution in [2.24, 2.45) is 0 Å². The third-order valence-electron chi connectivity index (χ3n) is 21.7. The second-order valence-corrected chi connectivity index (χ2v) is 30.6. The Balaban J connectivity index is 1.10. The van der Waals surface area contributed by atoms with Crippen LogP contribution in [0.15, 0.2) is 12.2 Å². The van der Waals surface area contributed by atoms with Gasteiger partial charge in [0.05, 0.1) is 57.9 Å². The molecule has 6 rings (SSSR count). The highest BCUT2D eigenvalue weighted by molar-refractivity contribution is 5.76. The smallest absolute Gasteiger partial charge is 0.220 e. The van der Waals surface area contributed by atoms with Gasteiger partial charge in [-0.15, -0.1) is 0 Å². The van der Waals surface area contributed by atoms with Crippen LogP contribution in [-0.2, 0) is 71.2 Å². The van der Waals surface area contributed by atoms with Crippen LogP contribution in [0, 0.1) is 0 Å². The number of aliphatic hydroxyl groups is 17. The van der Waals surface area contributed by atoms with Crippen molar-refractivity contribution in [2.45, 2.75) is 411 Å². The van der Waals surface area contributed by atoms with Gasteiger partial charge in [0, 0.05) is 20.3 Å². The maximum Gasteiger partial charge on any atom is 0.220 e. The fourth-order valence-corrected chi connectivity index (χ4v) is 15.0. The zero-order chi connectivity index (χ0) is 81.3. The van der Waals surface area contributed by atoms with Crippen molar-refractivity contribution in [2.75, 3.05) is 39.6 Å². The van der Waals surface area contributed by atoms with Crippen LogP contribution in [0.1, 0.15) is 214 Å². The Morgan fingerprint density at radius 1 is 0.369 bits per heavy atom. The molecule has 35 nitrogen and oxygen atoms in total. The van der Waals surface area contributed by atoms with Gasteiger partial charge in [0.1, 0.15) is 140 Å². The van der Waals surface area contributed by atoms with E-state index in [4.69, 9.17) is 56.8 Å². The molecular weight excluding hydrogens is 1470 g/mol. The fraction of sp³-hybridized carbons (Fsp3) is 0.934. The molecule has 0 aliphatic carbocycles. The Kier molecular flexibility index (Phi) is 44.8. The SMILES string of the molecule is CCCCCCCCCCCCC/C=C/[C@@H](O)[C@H](CO[C@@H]1OC(CO)[C@@H](O[C@@H]2OC(CO)[C@H](O[C@@H]3OC(CO)[C@H](O)[C@H](O[C@@H]4OC(CO)[C@H](O)[C@H](O[C@@H]5OC(CO)[C@@H](O)[C@H](O[C@H]6OC(C)[C@@H](O)C(O)[C@@H]6O)C5NC(C)=O)C4O)C3NC(C)=O)[C@H](O)C2O)[C@H](O)C1O)NC(=O)CCCCCCCCCCCCCCCCC. The summed E-state index contributed by atoms with van der Waals surface area (Å²) in [6, 6.07) is -4.56. The molecule has 20 N–H and O–H groups in total. The lowest BCUT2D eigenvalue weighted by Crippen LogP contribution is -2.71. The Labute approximate surface area is 651 Å². The number of amides is 3. The van der Waals surface area contributed by atoms with E-state index in [0.29, 0.717) is 12.8 Å². The van der Waals surface area contributed by atoms with Gasteiger partial charge in [-0.25, -0.2) is 0 Å². The average Bonchev–Trinajstić information content (AvgIpc) is 0.775. The molecule has 6 aliphatic rings. The van der Waals surface area contributed by atoms with E-state index in [2.05, 4.69) is 29.8 Å². The summed E-state index contributed by atoms with van der Waals surface area (Å²) in [6.45, 7) is 2.39. The Morgan fingerprint density at radius 2 is 0.703 bits per heavy atom. The maximum atomic E-state index is 13.5. The van der Waals surface area contributed by atoms with Gasteiger partial charge in [0.25, 0.3) is 0 Å². The third kappa shape index (κ3) is 29.5. The number of carbonyl (C=O) groups excluding carboxylic acids is 3. The normalized spacial score (nSPS) is 37.4. The highest BCUT2D eigenvalue weighted by Crippen LogP contribution is 2.38. The van der Waals surface area contributed by atoms with E-state index in [-0.39, 0.29) is 12.3 Å². The summed E-state index contributed by atoms with van der Waals surface area (Å²) < 4.78 is 71.3. The van der Waals surface area contributed by atoms with Crippen molar-refractivity contribution >= 4 is 17.7 Å². The number of hydrogen-bond donors (Lipinski definition) is 20. The van der Waals surface area contributed by atoms with Crippen LogP contribution >= 0.6 is 0 Å². The van der Waals surface area contributed by atoms with Crippen molar-refractivity contribution in [1.82, 2.24) is 16.0 Å². The third-order valence-corrected chi connectivity index (χ3v) is 21.7. The van der Waals surface area contributed by atoms with Gasteiger partial charge < -0.3 is 160 Å². The minimum Gasteiger partial charge on any atom is -0.394 e. The van der Waals surface area contributed by atoms with Gasteiger partial charge in [-0.2, -0.15) is 0 Å². The van der Waals surface area contributed by atoms with Crippen LogP contribution in [0.3, 0.4) is 0 Å². The first kappa shape index (κ1) is 96.8. The molecule has 32 atom stereocenters. The Morgan fingerprint density at radius 3 is 1.14 bits per heavy atom. The molecule has 6 heterocycles. The number of ether oxygens (including phenoxy) is 12. The van der Waals surface area contributed by atoms with E-state index in [0.717, 1.165) is 65.2 Å². The van der Waals surface area contributed by atoms with Crippen LogP contribution in [0.5, 0.6) is 0 Å². The van der Waals surface area contributed by atoms with Gasteiger partial charge in [-0.05, 0) is 26.2 Å². The molecule has 0 radical (unpaired) electrons. The number of hydrogen-bond acceptors (Lipinski definition) is 32. The van der Waals surface area contributed by atoms with Crippen LogP contribution in [0.25, 0.3) is 0 Å². The summed E-state index contributed by atoms with van der Waals surface area (Å²) in [5.74, 6) is -2.01. The molecule has 0 aromatic heterocycles. The molecule has 0 saturated carbocycles. The van der Waals surface area contributed by atoms with E-state index in [9.17, 15) is 101 Å². The summed E-state index contributed by atoms with van der Waals surface area (Å²) in [7, 11) is 0. The quantitative estimate of drug-likeness (QED) is 0.0246. The molecule has 111 heavy (non-hydrogen) atoms. The average molecular weight is 1600 g/mol. The molecule has 6 saturated heterocycles. The molecule has 12 unspecified atom stereocenters. The molecule has 0 aromatic carbocycles.